The van der Waals surface area contributed by atoms with E-state index in [0.29, 0.717) is 5.56 Å². The number of nitrogens with one attached hydrogen (secondary N) is 1. The Morgan fingerprint density at radius 2 is 2.11 bits per heavy atom. The molecule has 0 atom stereocenters. The lowest BCUT2D eigenvalue weighted by atomic mass is 9.80. The van der Waals surface area contributed by atoms with Gasteiger partial charge in [0.2, 0.25) is 10.0 Å². The second-order valence-corrected chi connectivity index (χ2v) is 7.40. The smallest absolute Gasteiger partial charge is 0.347 e. The Hall–Kier alpha value is -0.920. The van der Waals surface area contributed by atoms with Crippen molar-refractivity contribution in [2.24, 2.45) is 0 Å². The van der Waals surface area contributed by atoms with Crippen LogP contribution in [-0.4, -0.2) is 25.0 Å². The van der Waals surface area contributed by atoms with Crippen LogP contribution in [0.4, 0.5) is 0 Å². The molecule has 1 aromatic rings. The van der Waals surface area contributed by atoms with Gasteiger partial charge in [0.05, 0.1) is 0 Å². The number of aryl methyl sites for hydroxylation is 1. The zero-order valence-electron chi connectivity index (χ0n) is 10.2. The van der Waals surface area contributed by atoms with E-state index >= 15 is 0 Å². The summed E-state index contributed by atoms with van der Waals surface area (Å²) in [4.78, 5) is 10.8. The molecule has 0 radical (unpaired) electrons. The molecule has 0 spiro atoms. The molecule has 0 saturated heterocycles. The molecule has 0 amide bonds. The monoisotopic (exact) mass is 289 g/mol. The Labute approximate surface area is 110 Å². The zero-order valence-corrected chi connectivity index (χ0v) is 11.8. The fraction of sp³-hybridized carbons (Fsp3) is 0.545. The van der Waals surface area contributed by atoms with Crippen molar-refractivity contribution in [2.45, 2.75) is 43.5 Å². The van der Waals surface area contributed by atoms with Gasteiger partial charge in [-0.25, -0.2) is 17.9 Å². The van der Waals surface area contributed by atoms with Gasteiger partial charge in [0.15, 0.2) is 0 Å². The summed E-state index contributed by atoms with van der Waals surface area (Å²) in [5.41, 5.74) is 0.0519. The second-order valence-electron chi connectivity index (χ2n) is 4.90. The van der Waals surface area contributed by atoms with Crippen LogP contribution in [-0.2, 0) is 10.0 Å². The standard InChI is InChI=1S/C11H15NO4S2/c1-7-6-17-8(10(13)14)9(7)18(15,16)12-11(2)4-3-5-11/h6,12H,3-5H2,1-2H3,(H,13,14). The number of sulfonamides is 1. The van der Waals surface area contributed by atoms with Gasteiger partial charge in [-0.1, -0.05) is 0 Å². The predicted molar refractivity (Wildman–Crippen MR) is 68.6 cm³/mol. The van der Waals surface area contributed by atoms with Gasteiger partial charge in [-0.05, 0) is 44.1 Å². The molecule has 1 heterocycles. The van der Waals surface area contributed by atoms with Gasteiger partial charge in [0, 0.05) is 5.54 Å². The van der Waals surface area contributed by atoms with Crippen LogP contribution in [0.15, 0.2) is 10.3 Å². The number of carbonyl (C=O) groups is 1. The van der Waals surface area contributed by atoms with Crippen molar-refractivity contribution in [3.8, 4) is 0 Å². The largest absolute Gasteiger partial charge is 0.477 e. The van der Waals surface area contributed by atoms with Crippen molar-refractivity contribution in [1.82, 2.24) is 4.72 Å². The minimum Gasteiger partial charge on any atom is -0.477 e. The molecule has 2 rings (SSSR count). The van der Waals surface area contributed by atoms with Crippen LogP contribution >= 0.6 is 11.3 Å². The van der Waals surface area contributed by atoms with Gasteiger partial charge < -0.3 is 5.11 Å². The molecule has 0 aliphatic heterocycles. The van der Waals surface area contributed by atoms with E-state index in [1.54, 1.807) is 12.3 Å². The molecule has 1 saturated carbocycles. The number of carboxylic acid groups (broad SMARTS) is 1. The Balaban J connectivity index is 2.41. The molecule has 7 heteroatoms. The summed E-state index contributed by atoms with van der Waals surface area (Å²) in [6.45, 7) is 3.46. The number of hydrogen-bond donors (Lipinski definition) is 2. The van der Waals surface area contributed by atoms with Gasteiger partial charge in [-0.3, -0.25) is 0 Å². The Morgan fingerprint density at radius 3 is 2.56 bits per heavy atom. The van der Waals surface area contributed by atoms with Crippen molar-refractivity contribution in [1.29, 1.82) is 0 Å². The topological polar surface area (TPSA) is 83.5 Å². The van der Waals surface area contributed by atoms with Crippen molar-refractivity contribution in [3.63, 3.8) is 0 Å². The van der Waals surface area contributed by atoms with Crippen molar-refractivity contribution < 1.29 is 18.3 Å². The first-order valence-electron chi connectivity index (χ1n) is 5.60. The van der Waals surface area contributed by atoms with E-state index in [4.69, 9.17) is 5.11 Å². The zero-order chi connectivity index (χ0) is 13.6. The van der Waals surface area contributed by atoms with Crippen molar-refractivity contribution >= 4 is 27.3 Å². The molecular weight excluding hydrogens is 274 g/mol. The molecule has 1 fully saturated rings. The second kappa shape index (κ2) is 4.32. The maximum absolute atomic E-state index is 12.3. The summed E-state index contributed by atoms with van der Waals surface area (Å²) < 4.78 is 27.2. The highest BCUT2D eigenvalue weighted by atomic mass is 32.2. The van der Waals surface area contributed by atoms with Gasteiger partial charge in [0.1, 0.15) is 9.77 Å². The van der Waals surface area contributed by atoms with E-state index in [1.165, 1.54) is 0 Å². The van der Waals surface area contributed by atoms with Crippen LogP contribution in [0.3, 0.4) is 0 Å². The van der Waals surface area contributed by atoms with Crippen LogP contribution in [0.25, 0.3) is 0 Å². The van der Waals surface area contributed by atoms with Gasteiger partial charge in [0.25, 0.3) is 0 Å². The summed E-state index contributed by atoms with van der Waals surface area (Å²) >= 11 is 0.944. The summed E-state index contributed by atoms with van der Waals surface area (Å²) in [5.74, 6) is -1.20. The minimum absolute atomic E-state index is 0.0897. The number of aromatic carboxylic acids is 1. The molecular formula is C11H15NO4S2. The molecule has 18 heavy (non-hydrogen) atoms. The number of hydrogen-bond acceptors (Lipinski definition) is 4. The molecule has 0 bridgehead atoms. The summed E-state index contributed by atoms with van der Waals surface area (Å²) in [6.07, 6.45) is 2.57. The van der Waals surface area contributed by atoms with Crippen molar-refractivity contribution in [3.05, 3.63) is 15.8 Å². The minimum atomic E-state index is -3.76. The quantitative estimate of drug-likeness (QED) is 0.887. The average Bonchev–Trinajstić information content (AvgIpc) is 2.58. The Kier molecular flexibility index (Phi) is 3.25. The van der Waals surface area contributed by atoms with Gasteiger partial charge in [-0.2, -0.15) is 0 Å². The summed E-state index contributed by atoms with van der Waals surface area (Å²) in [7, 11) is -3.76. The Morgan fingerprint density at radius 1 is 1.50 bits per heavy atom. The van der Waals surface area contributed by atoms with E-state index in [1.807, 2.05) is 6.92 Å². The third kappa shape index (κ3) is 2.30. The lowest BCUT2D eigenvalue weighted by molar-refractivity contribution is 0.0698. The highest BCUT2D eigenvalue weighted by Gasteiger charge is 2.38. The maximum atomic E-state index is 12.3. The SMILES string of the molecule is Cc1csc(C(=O)O)c1S(=O)(=O)NC1(C)CCC1. The van der Waals surface area contributed by atoms with Gasteiger partial charge >= 0.3 is 5.97 Å². The highest BCUT2D eigenvalue weighted by molar-refractivity contribution is 7.89. The normalized spacial score (nSPS) is 18.3. The van der Waals surface area contributed by atoms with E-state index in [0.717, 1.165) is 30.6 Å². The van der Waals surface area contributed by atoms with Crippen LogP contribution in [0.1, 0.15) is 41.4 Å². The molecule has 5 nitrogen and oxygen atoms in total. The van der Waals surface area contributed by atoms with Crippen LogP contribution in [0.2, 0.25) is 0 Å². The molecule has 0 unspecified atom stereocenters. The fourth-order valence-corrected chi connectivity index (χ4v) is 5.20. The van der Waals surface area contributed by atoms with E-state index < -0.39 is 21.5 Å². The maximum Gasteiger partial charge on any atom is 0.347 e. The number of carboxylic acids is 1. The van der Waals surface area contributed by atoms with E-state index in [2.05, 4.69) is 4.72 Å². The van der Waals surface area contributed by atoms with Crippen LogP contribution in [0, 0.1) is 6.92 Å². The Bertz CT molecular complexity index is 584. The third-order valence-corrected chi connectivity index (χ3v) is 6.26. The lowest BCUT2D eigenvalue weighted by Gasteiger charge is -2.38. The average molecular weight is 289 g/mol. The molecule has 100 valence electrons. The van der Waals surface area contributed by atoms with Crippen molar-refractivity contribution in [2.75, 3.05) is 0 Å². The van der Waals surface area contributed by atoms with Gasteiger partial charge in [-0.15, -0.1) is 11.3 Å². The first-order valence-corrected chi connectivity index (χ1v) is 7.97. The van der Waals surface area contributed by atoms with E-state index in [9.17, 15) is 13.2 Å². The number of rotatable bonds is 4. The van der Waals surface area contributed by atoms with E-state index in [-0.39, 0.29) is 9.77 Å². The lowest BCUT2D eigenvalue weighted by Crippen LogP contribution is -2.50. The fourth-order valence-electron chi connectivity index (χ4n) is 2.10. The molecule has 0 aromatic carbocycles. The molecule has 2 N–H and O–H groups in total. The summed E-state index contributed by atoms with van der Waals surface area (Å²) in [5, 5.41) is 10.6. The van der Waals surface area contributed by atoms with Crippen LogP contribution < -0.4 is 4.72 Å². The molecule has 1 aromatic heterocycles. The third-order valence-electron chi connectivity index (χ3n) is 3.22. The first-order chi connectivity index (χ1) is 8.25. The highest BCUT2D eigenvalue weighted by Crippen LogP contribution is 2.34. The molecule has 1 aliphatic rings. The number of thiophene rings is 1. The van der Waals surface area contributed by atoms with Crippen LogP contribution in [0.5, 0.6) is 0 Å². The summed E-state index contributed by atoms with van der Waals surface area (Å²) in [6, 6.07) is 0. The first kappa shape index (κ1) is 13.5. The predicted octanol–water partition coefficient (Wildman–Crippen LogP) is 1.98. The molecule has 1 aliphatic carbocycles.